The Morgan fingerprint density at radius 1 is 1.47 bits per heavy atom. The topological polar surface area (TPSA) is 58.6 Å². The number of likely N-dealkylation sites (N-methyl/N-ethyl adjacent to an activating group) is 1. The van der Waals surface area contributed by atoms with Crippen LogP contribution in [0.1, 0.15) is 18.5 Å². The number of carbonyl (C=O) groups is 1. The van der Waals surface area contributed by atoms with Crippen molar-refractivity contribution in [2.24, 2.45) is 0 Å². The summed E-state index contributed by atoms with van der Waals surface area (Å²) in [6, 6.07) is 6.37. The minimum absolute atomic E-state index is 0.605. The molecule has 15 heavy (non-hydrogen) atoms. The molecule has 2 N–H and O–H groups in total. The Kier molecular flexibility index (Phi) is 4.12. The van der Waals surface area contributed by atoms with Crippen LogP contribution >= 0.6 is 0 Å². The molecular weight excluding hydrogens is 194 g/mol. The van der Waals surface area contributed by atoms with Gasteiger partial charge in [0.15, 0.2) is 0 Å². The van der Waals surface area contributed by atoms with Gasteiger partial charge in [0.05, 0.1) is 6.61 Å². The summed E-state index contributed by atoms with van der Waals surface area (Å²) in [6.07, 6.45) is 0. The number of rotatable bonds is 5. The summed E-state index contributed by atoms with van der Waals surface area (Å²) in [5, 5.41) is 11.6. The number of benzene rings is 1. The first-order chi connectivity index (χ1) is 7.19. The van der Waals surface area contributed by atoms with Gasteiger partial charge in [0, 0.05) is 0 Å². The van der Waals surface area contributed by atoms with Crippen LogP contribution in [0.5, 0.6) is 5.75 Å². The molecule has 0 saturated heterocycles. The predicted octanol–water partition coefficient (Wildman–Crippen LogP) is 1.43. The second-order valence-electron chi connectivity index (χ2n) is 3.06. The predicted molar refractivity (Wildman–Crippen MR) is 57.0 cm³/mol. The van der Waals surface area contributed by atoms with Gasteiger partial charge in [-0.1, -0.05) is 12.1 Å². The molecule has 0 unspecified atom stereocenters. The van der Waals surface area contributed by atoms with Crippen molar-refractivity contribution >= 4 is 5.97 Å². The lowest BCUT2D eigenvalue weighted by Gasteiger charge is -2.12. The molecule has 0 aliphatic carbocycles. The van der Waals surface area contributed by atoms with Crippen molar-refractivity contribution < 1.29 is 14.6 Å². The monoisotopic (exact) mass is 209 g/mol. The van der Waals surface area contributed by atoms with Crippen LogP contribution in [0.25, 0.3) is 0 Å². The van der Waals surface area contributed by atoms with Gasteiger partial charge in [-0.05, 0) is 31.7 Å². The van der Waals surface area contributed by atoms with Crippen LogP contribution in [0.2, 0.25) is 0 Å². The molecule has 0 bridgehead atoms. The fourth-order valence-electron chi connectivity index (χ4n) is 1.36. The molecule has 0 amide bonds. The van der Waals surface area contributed by atoms with Crippen LogP contribution in [0.3, 0.4) is 0 Å². The molecule has 0 spiro atoms. The Hall–Kier alpha value is -1.55. The minimum Gasteiger partial charge on any atom is -0.494 e. The van der Waals surface area contributed by atoms with Crippen LogP contribution in [-0.4, -0.2) is 24.7 Å². The smallest absolute Gasteiger partial charge is 0.325 e. The maximum atomic E-state index is 10.8. The highest BCUT2D eigenvalue weighted by atomic mass is 16.5. The summed E-state index contributed by atoms with van der Waals surface area (Å²) in [4.78, 5) is 10.8. The van der Waals surface area contributed by atoms with E-state index in [1.165, 1.54) is 0 Å². The summed E-state index contributed by atoms with van der Waals surface area (Å²) in [5.41, 5.74) is 0.716. The van der Waals surface area contributed by atoms with Gasteiger partial charge in [-0.2, -0.15) is 0 Å². The molecule has 1 rings (SSSR count). The van der Waals surface area contributed by atoms with Crippen molar-refractivity contribution in [3.05, 3.63) is 29.8 Å². The lowest BCUT2D eigenvalue weighted by molar-refractivity contribution is -0.139. The molecule has 1 aromatic rings. The van der Waals surface area contributed by atoms with E-state index in [0.29, 0.717) is 12.2 Å². The highest BCUT2D eigenvalue weighted by molar-refractivity contribution is 5.75. The third-order valence-electron chi connectivity index (χ3n) is 2.06. The van der Waals surface area contributed by atoms with Crippen molar-refractivity contribution in [3.8, 4) is 5.75 Å². The van der Waals surface area contributed by atoms with Gasteiger partial charge < -0.3 is 15.2 Å². The second-order valence-corrected chi connectivity index (χ2v) is 3.06. The van der Waals surface area contributed by atoms with Crippen molar-refractivity contribution in [1.82, 2.24) is 5.32 Å². The van der Waals surface area contributed by atoms with Gasteiger partial charge in [-0.15, -0.1) is 0 Å². The first kappa shape index (κ1) is 11.5. The molecule has 0 heterocycles. The van der Waals surface area contributed by atoms with Gasteiger partial charge >= 0.3 is 5.97 Å². The molecule has 0 aliphatic rings. The van der Waals surface area contributed by atoms with Crippen LogP contribution in [0.15, 0.2) is 24.3 Å². The van der Waals surface area contributed by atoms with E-state index in [1.807, 2.05) is 6.92 Å². The maximum absolute atomic E-state index is 10.8. The number of hydrogen-bond acceptors (Lipinski definition) is 3. The van der Waals surface area contributed by atoms with E-state index in [0.717, 1.165) is 5.75 Å². The van der Waals surface area contributed by atoms with E-state index in [9.17, 15) is 4.79 Å². The zero-order valence-electron chi connectivity index (χ0n) is 8.86. The number of ether oxygens (including phenoxy) is 1. The summed E-state index contributed by atoms with van der Waals surface area (Å²) in [6.45, 7) is 2.51. The average molecular weight is 209 g/mol. The molecule has 0 aromatic heterocycles. The largest absolute Gasteiger partial charge is 0.494 e. The van der Waals surface area contributed by atoms with Crippen LogP contribution in [0.4, 0.5) is 0 Å². The third-order valence-corrected chi connectivity index (χ3v) is 2.06. The fraction of sp³-hybridized carbons (Fsp3) is 0.364. The van der Waals surface area contributed by atoms with Crippen LogP contribution < -0.4 is 10.1 Å². The molecule has 0 saturated carbocycles. The molecular formula is C11H15NO3. The molecule has 0 radical (unpaired) electrons. The van der Waals surface area contributed by atoms with E-state index in [2.05, 4.69) is 5.32 Å². The van der Waals surface area contributed by atoms with Gasteiger partial charge in [0.25, 0.3) is 0 Å². The highest BCUT2D eigenvalue weighted by Crippen LogP contribution is 2.17. The van der Waals surface area contributed by atoms with E-state index in [4.69, 9.17) is 9.84 Å². The SMILES string of the molecule is CCOc1ccc([C@H](NC)C(=O)O)cc1. The Morgan fingerprint density at radius 2 is 2.07 bits per heavy atom. The van der Waals surface area contributed by atoms with Gasteiger partial charge in [-0.3, -0.25) is 4.79 Å². The van der Waals surface area contributed by atoms with Crippen LogP contribution in [-0.2, 0) is 4.79 Å². The molecule has 0 fully saturated rings. The Bertz CT molecular complexity index is 321. The average Bonchev–Trinajstić information content (AvgIpc) is 2.21. The molecule has 1 aromatic carbocycles. The molecule has 82 valence electrons. The fourth-order valence-corrected chi connectivity index (χ4v) is 1.36. The van der Waals surface area contributed by atoms with Crippen LogP contribution in [0, 0.1) is 0 Å². The Morgan fingerprint density at radius 3 is 2.47 bits per heavy atom. The van der Waals surface area contributed by atoms with Crippen molar-refractivity contribution in [1.29, 1.82) is 0 Å². The van der Waals surface area contributed by atoms with Gasteiger partial charge in [-0.25, -0.2) is 0 Å². The minimum atomic E-state index is -0.887. The van der Waals surface area contributed by atoms with Gasteiger partial charge in [0.2, 0.25) is 0 Å². The number of carboxylic acid groups (broad SMARTS) is 1. The number of nitrogens with one attached hydrogen (secondary N) is 1. The zero-order chi connectivity index (χ0) is 11.3. The first-order valence-corrected chi connectivity index (χ1v) is 4.82. The summed E-state index contributed by atoms with van der Waals surface area (Å²) in [5.74, 6) is -0.136. The number of aliphatic carboxylic acids is 1. The molecule has 4 nitrogen and oxygen atoms in total. The highest BCUT2D eigenvalue weighted by Gasteiger charge is 2.16. The quantitative estimate of drug-likeness (QED) is 0.770. The summed E-state index contributed by atoms with van der Waals surface area (Å²) >= 11 is 0. The first-order valence-electron chi connectivity index (χ1n) is 4.82. The van der Waals surface area contributed by atoms with Crippen molar-refractivity contribution in [3.63, 3.8) is 0 Å². The Balaban J connectivity index is 2.82. The van der Waals surface area contributed by atoms with Crippen molar-refractivity contribution in [2.45, 2.75) is 13.0 Å². The lowest BCUT2D eigenvalue weighted by atomic mass is 10.1. The van der Waals surface area contributed by atoms with E-state index in [-0.39, 0.29) is 0 Å². The lowest BCUT2D eigenvalue weighted by Crippen LogP contribution is -2.24. The molecule has 0 aliphatic heterocycles. The number of carboxylic acids is 1. The van der Waals surface area contributed by atoms with E-state index in [1.54, 1.807) is 31.3 Å². The Labute approximate surface area is 88.9 Å². The maximum Gasteiger partial charge on any atom is 0.325 e. The van der Waals surface area contributed by atoms with Crippen molar-refractivity contribution in [2.75, 3.05) is 13.7 Å². The standard InChI is InChI=1S/C11H15NO3/c1-3-15-9-6-4-8(5-7-9)10(12-2)11(13)14/h4-7,10,12H,3H2,1-2H3,(H,13,14)/t10-/m0/s1. The van der Waals surface area contributed by atoms with E-state index < -0.39 is 12.0 Å². The third kappa shape index (κ3) is 2.95. The summed E-state index contributed by atoms with van der Waals surface area (Å²) < 4.78 is 5.27. The molecule has 4 heteroatoms. The number of hydrogen-bond donors (Lipinski definition) is 2. The molecule has 1 atom stereocenters. The normalized spacial score (nSPS) is 12.1. The van der Waals surface area contributed by atoms with Gasteiger partial charge in [0.1, 0.15) is 11.8 Å². The zero-order valence-corrected chi connectivity index (χ0v) is 8.86. The summed E-state index contributed by atoms with van der Waals surface area (Å²) in [7, 11) is 1.62. The second kappa shape index (κ2) is 5.36. The van der Waals surface area contributed by atoms with E-state index >= 15 is 0 Å².